The maximum absolute atomic E-state index is 11.9. The van der Waals surface area contributed by atoms with E-state index >= 15 is 0 Å². The summed E-state index contributed by atoms with van der Waals surface area (Å²) in [5.41, 5.74) is 2.94. The number of hydrogen-bond donors (Lipinski definition) is 2. The minimum atomic E-state index is -0.0851. The van der Waals surface area contributed by atoms with Gasteiger partial charge in [0.15, 0.2) is 5.16 Å². The highest BCUT2D eigenvalue weighted by Gasteiger charge is 2.05. The second-order valence-electron chi connectivity index (χ2n) is 4.44. The van der Waals surface area contributed by atoms with E-state index in [-0.39, 0.29) is 11.7 Å². The summed E-state index contributed by atoms with van der Waals surface area (Å²) in [5, 5.41) is 10.9. The van der Waals surface area contributed by atoms with Crippen molar-refractivity contribution in [2.24, 2.45) is 0 Å². The molecule has 0 bridgehead atoms. The number of H-pyrrole nitrogens is 1. The van der Waals surface area contributed by atoms with Crippen LogP contribution in [0.25, 0.3) is 11.1 Å². The molecular formula is C15H13N5OS. The zero-order chi connectivity index (χ0) is 15.2. The van der Waals surface area contributed by atoms with E-state index in [0.717, 1.165) is 16.8 Å². The van der Waals surface area contributed by atoms with Crippen LogP contribution in [0.5, 0.6) is 0 Å². The molecule has 2 N–H and O–H groups in total. The lowest BCUT2D eigenvalue weighted by Gasteiger charge is -2.06. The number of nitrogens with zero attached hydrogens (tertiary/aromatic N) is 3. The number of aromatic amines is 1. The molecule has 0 aliphatic carbocycles. The number of thioether (sulfide) groups is 1. The van der Waals surface area contributed by atoms with Crippen LogP contribution in [0.1, 0.15) is 0 Å². The van der Waals surface area contributed by atoms with Crippen LogP contribution in [0.4, 0.5) is 5.69 Å². The Bertz CT molecular complexity index is 728. The molecule has 0 spiro atoms. The molecule has 1 aromatic carbocycles. The van der Waals surface area contributed by atoms with E-state index in [9.17, 15) is 4.79 Å². The molecule has 2 heterocycles. The van der Waals surface area contributed by atoms with E-state index in [1.807, 2.05) is 36.4 Å². The Morgan fingerprint density at radius 2 is 1.82 bits per heavy atom. The highest BCUT2D eigenvalue weighted by Crippen LogP contribution is 2.20. The highest BCUT2D eigenvalue weighted by molar-refractivity contribution is 7.99. The minimum absolute atomic E-state index is 0.0851. The summed E-state index contributed by atoms with van der Waals surface area (Å²) in [6.07, 6.45) is 5.00. The van der Waals surface area contributed by atoms with Crippen LogP contribution in [-0.4, -0.2) is 31.8 Å². The maximum Gasteiger partial charge on any atom is 0.234 e. The number of nitrogens with one attached hydrogen (secondary N) is 2. The Balaban J connectivity index is 1.58. The molecule has 3 rings (SSSR count). The molecule has 6 nitrogen and oxygen atoms in total. The third-order valence-corrected chi connectivity index (χ3v) is 3.80. The van der Waals surface area contributed by atoms with E-state index in [1.54, 1.807) is 12.4 Å². The number of pyridine rings is 1. The zero-order valence-corrected chi connectivity index (χ0v) is 12.4. The van der Waals surface area contributed by atoms with Crippen molar-refractivity contribution >= 4 is 23.4 Å². The molecule has 0 unspecified atom stereocenters. The third-order valence-electron chi connectivity index (χ3n) is 2.92. The van der Waals surface area contributed by atoms with Gasteiger partial charge < -0.3 is 10.3 Å². The van der Waals surface area contributed by atoms with Crippen LogP contribution in [-0.2, 0) is 4.79 Å². The largest absolute Gasteiger partial charge is 0.325 e. The summed E-state index contributed by atoms with van der Waals surface area (Å²) in [4.78, 5) is 18.7. The number of aromatic nitrogens is 4. The molecule has 110 valence electrons. The van der Waals surface area contributed by atoms with Gasteiger partial charge in [0, 0.05) is 18.1 Å². The Hall–Kier alpha value is -2.67. The van der Waals surface area contributed by atoms with Crippen molar-refractivity contribution in [1.82, 2.24) is 20.2 Å². The normalized spacial score (nSPS) is 10.4. The Kier molecular flexibility index (Phi) is 4.45. The SMILES string of the molecule is O=C(CSc1nnc[nH]1)Nc1ccc(-c2ccncc2)cc1. The molecular weight excluding hydrogens is 298 g/mol. The van der Waals surface area contributed by atoms with Crippen LogP contribution in [0.3, 0.4) is 0 Å². The van der Waals surface area contributed by atoms with Gasteiger partial charge in [0.25, 0.3) is 0 Å². The second-order valence-corrected chi connectivity index (χ2v) is 5.41. The Morgan fingerprint density at radius 3 is 2.50 bits per heavy atom. The molecule has 0 aliphatic rings. The van der Waals surface area contributed by atoms with Crippen molar-refractivity contribution in [3.63, 3.8) is 0 Å². The van der Waals surface area contributed by atoms with E-state index < -0.39 is 0 Å². The molecule has 0 fully saturated rings. The van der Waals surface area contributed by atoms with Gasteiger partial charge in [0.05, 0.1) is 5.75 Å². The Labute approximate surface area is 131 Å². The summed E-state index contributed by atoms with van der Waals surface area (Å²) < 4.78 is 0. The van der Waals surface area contributed by atoms with E-state index in [4.69, 9.17) is 0 Å². The van der Waals surface area contributed by atoms with E-state index in [1.165, 1.54) is 18.1 Å². The van der Waals surface area contributed by atoms with E-state index in [2.05, 4.69) is 25.5 Å². The fraction of sp³-hybridized carbons (Fsp3) is 0.0667. The fourth-order valence-electron chi connectivity index (χ4n) is 1.89. The maximum atomic E-state index is 11.9. The average Bonchev–Trinajstić information content (AvgIpc) is 3.08. The molecule has 3 aromatic rings. The number of benzene rings is 1. The van der Waals surface area contributed by atoms with E-state index in [0.29, 0.717) is 5.16 Å². The van der Waals surface area contributed by atoms with Crippen molar-refractivity contribution in [3.8, 4) is 11.1 Å². The van der Waals surface area contributed by atoms with Gasteiger partial charge in [0.1, 0.15) is 6.33 Å². The number of amides is 1. The standard InChI is InChI=1S/C15H13N5OS/c21-14(9-22-15-17-10-18-20-15)19-13-3-1-11(2-4-13)12-5-7-16-8-6-12/h1-8,10H,9H2,(H,19,21)(H,17,18,20). The lowest BCUT2D eigenvalue weighted by molar-refractivity contribution is -0.113. The smallest absolute Gasteiger partial charge is 0.234 e. The van der Waals surface area contributed by atoms with Crippen molar-refractivity contribution in [2.75, 3.05) is 11.1 Å². The molecule has 0 radical (unpaired) electrons. The minimum Gasteiger partial charge on any atom is -0.325 e. The summed E-state index contributed by atoms with van der Waals surface area (Å²) in [5.74, 6) is 0.194. The molecule has 0 saturated carbocycles. The first-order valence-corrected chi connectivity index (χ1v) is 7.59. The summed E-state index contributed by atoms with van der Waals surface area (Å²) in [6, 6.07) is 11.6. The van der Waals surface area contributed by atoms with Gasteiger partial charge in [-0.25, -0.2) is 0 Å². The van der Waals surface area contributed by atoms with Gasteiger partial charge in [-0.15, -0.1) is 10.2 Å². The number of anilines is 1. The lowest BCUT2D eigenvalue weighted by atomic mass is 10.1. The molecule has 0 saturated heterocycles. The second kappa shape index (κ2) is 6.86. The molecule has 1 amide bonds. The average molecular weight is 311 g/mol. The van der Waals surface area contributed by atoms with Crippen LogP contribution in [0.15, 0.2) is 60.3 Å². The first-order valence-electron chi connectivity index (χ1n) is 6.60. The number of carbonyl (C=O) groups excluding carboxylic acids is 1. The first-order chi connectivity index (χ1) is 10.8. The Morgan fingerprint density at radius 1 is 1.09 bits per heavy atom. The number of hydrogen-bond acceptors (Lipinski definition) is 5. The van der Waals surface area contributed by atoms with Crippen molar-refractivity contribution in [1.29, 1.82) is 0 Å². The van der Waals surface area contributed by atoms with Gasteiger partial charge in [-0.2, -0.15) is 0 Å². The molecule has 7 heteroatoms. The topological polar surface area (TPSA) is 83.6 Å². The number of rotatable bonds is 5. The van der Waals surface area contributed by atoms with Gasteiger partial charge in [-0.3, -0.25) is 9.78 Å². The molecule has 2 aromatic heterocycles. The first kappa shape index (κ1) is 14.3. The predicted octanol–water partition coefficient (Wildman–Crippen LogP) is 2.60. The fourth-order valence-corrected chi connectivity index (χ4v) is 2.47. The number of carbonyl (C=O) groups is 1. The van der Waals surface area contributed by atoms with Crippen molar-refractivity contribution in [2.45, 2.75) is 5.16 Å². The highest BCUT2D eigenvalue weighted by atomic mass is 32.2. The van der Waals surface area contributed by atoms with Crippen molar-refractivity contribution in [3.05, 3.63) is 55.1 Å². The van der Waals surface area contributed by atoms with Gasteiger partial charge in [-0.1, -0.05) is 23.9 Å². The van der Waals surface area contributed by atoms with Gasteiger partial charge in [-0.05, 0) is 35.4 Å². The van der Waals surface area contributed by atoms with Gasteiger partial charge >= 0.3 is 0 Å². The zero-order valence-electron chi connectivity index (χ0n) is 11.6. The van der Waals surface area contributed by atoms with Crippen molar-refractivity contribution < 1.29 is 4.79 Å². The van der Waals surface area contributed by atoms with Crippen LogP contribution in [0.2, 0.25) is 0 Å². The van der Waals surface area contributed by atoms with Crippen LogP contribution in [0, 0.1) is 0 Å². The molecule has 0 atom stereocenters. The van der Waals surface area contributed by atoms with Gasteiger partial charge in [0.2, 0.25) is 5.91 Å². The van der Waals surface area contributed by atoms with Crippen LogP contribution < -0.4 is 5.32 Å². The molecule has 0 aliphatic heterocycles. The molecule has 22 heavy (non-hydrogen) atoms. The summed E-state index contributed by atoms with van der Waals surface area (Å²) in [6.45, 7) is 0. The quantitative estimate of drug-likeness (QED) is 0.708. The summed E-state index contributed by atoms with van der Waals surface area (Å²) >= 11 is 1.31. The summed E-state index contributed by atoms with van der Waals surface area (Å²) in [7, 11) is 0. The monoisotopic (exact) mass is 311 g/mol. The predicted molar refractivity (Wildman–Crippen MR) is 85.4 cm³/mol. The third kappa shape index (κ3) is 3.70. The van der Waals surface area contributed by atoms with Crippen LogP contribution >= 0.6 is 11.8 Å². The lowest BCUT2D eigenvalue weighted by Crippen LogP contribution is -2.14.